The number of nitrogens with zero attached hydrogens (tertiary/aromatic N) is 2. The third kappa shape index (κ3) is 4.15. The molecule has 2 saturated heterocycles. The summed E-state index contributed by atoms with van der Waals surface area (Å²) < 4.78 is 5.89. The maximum Gasteiger partial charge on any atom is 0.0840 e. The molecule has 0 radical (unpaired) electrons. The highest BCUT2D eigenvalue weighted by atomic mass is 16.5. The molecule has 0 aromatic heterocycles. The van der Waals surface area contributed by atoms with Gasteiger partial charge < -0.3 is 4.74 Å². The topological polar surface area (TPSA) is 27.7 Å². The lowest BCUT2D eigenvalue weighted by atomic mass is 10.00. The normalized spacial score (nSPS) is 34.9. The molecule has 2 heterocycles. The number of hydrogen-bond acceptors (Lipinski definition) is 4. The molecule has 0 bridgehead atoms. The first-order chi connectivity index (χ1) is 9.08. The standard InChI is InChI=1S/C15H31N3O/c1-12(2)17-8-9-19-15(11-17)10-16-18-13(3)6-5-7-14(18)4/h12-16H,5-11H2,1-4H3. The van der Waals surface area contributed by atoms with E-state index in [0.29, 0.717) is 24.2 Å². The Morgan fingerprint density at radius 1 is 1.21 bits per heavy atom. The summed E-state index contributed by atoms with van der Waals surface area (Å²) in [7, 11) is 0. The predicted molar refractivity (Wildman–Crippen MR) is 79.1 cm³/mol. The van der Waals surface area contributed by atoms with Crippen molar-refractivity contribution >= 4 is 0 Å². The first-order valence-electron chi connectivity index (χ1n) is 7.95. The Labute approximate surface area is 118 Å². The monoisotopic (exact) mass is 269 g/mol. The van der Waals surface area contributed by atoms with Gasteiger partial charge in [0, 0.05) is 37.8 Å². The highest BCUT2D eigenvalue weighted by Gasteiger charge is 2.27. The minimum atomic E-state index is 0.331. The molecule has 2 aliphatic rings. The first kappa shape index (κ1) is 15.2. The number of ether oxygens (including phenoxy) is 1. The molecule has 2 rings (SSSR count). The molecule has 4 nitrogen and oxygen atoms in total. The molecule has 3 atom stereocenters. The maximum atomic E-state index is 5.89. The van der Waals surface area contributed by atoms with E-state index in [4.69, 9.17) is 4.74 Å². The molecule has 0 saturated carbocycles. The van der Waals surface area contributed by atoms with Crippen LogP contribution in [0.15, 0.2) is 0 Å². The zero-order chi connectivity index (χ0) is 13.8. The molecule has 0 amide bonds. The van der Waals surface area contributed by atoms with Gasteiger partial charge in [-0.15, -0.1) is 0 Å². The van der Waals surface area contributed by atoms with Crippen molar-refractivity contribution < 1.29 is 4.74 Å². The van der Waals surface area contributed by atoms with E-state index >= 15 is 0 Å². The third-order valence-electron chi connectivity index (χ3n) is 4.60. The van der Waals surface area contributed by atoms with Crippen molar-refractivity contribution in [1.29, 1.82) is 0 Å². The molecule has 19 heavy (non-hydrogen) atoms. The van der Waals surface area contributed by atoms with Crippen molar-refractivity contribution in [2.75, 3.05) is 26.2 Å². The minimum Gasteiger partial charge on any atom is -0.374 e. The lowest BCUT2D eigenvalue weighted by Gasteiger charge is -2.41. The van der Waals surface area contributed by atoms with Crippen LogP contribution in [0.2, 0.25) is 0 Å². The van der Waals surface area contributed by atoms with E-state index in [1.807, 2.05) is 0 Å². The van der Waals surface area contributed by atoms with E-state index in [-0.39, 0.29) is 0 Å². The Morgan fingerprint density at radius 3 is 2.53 bits per heavy atom. The van der Waals surface area contributed by atoms with Crippen LogP contribution >= 0.6 is 0 Å². The average Bonchev–Trinajstić information content (AvgIpc) is 2.38. The van der Waals surface area contributed by atoms with Crippen LogP contribution in [0.5, 0.6) is 0 Å². The van der Waals surface area contributed by atoms with Gasteiger partial charge in [0.1, 0.15) is 0 Å². The second-order valence-corrected chi connectivity index (χ2v) is 6.48. The summed E-state index contributed by atoms with van der Waals surface area (Å²) in [4.78, 5) is 2.51. The minimum absolute atomic E-state index is 0.331. The average molecular weight is 269 g/mol. The number of hydrazine groups is 1. The molecule has 2 aliphatic heterocycles. The molecule has 112 valence electrons. The van der Waals surface area contributed by atoms with Crippen LogP contribution in [-0.2, 0) is 4.74 Å². The van der Waals surface area contributed by atoms with Gasteiger partial charge in [-0.05, 0) is 40.5 Å². The Bertz CT molecular complexity index is 262. The zero-order valence-corrected chi connectivity index (χ0v) is 13.1. The van der Waals surface area contributed by atoms with Crippen LogP contribution in [0.3, 0.4) is 0 Å². The van der Waals surface area contributed by atoms with Crippen LogP contribution in [0.25, 0.3) is 0 Å². The van der Waals surface area contributed by atoms with Gasteiger partial charge in [0.05, 0.1) is 12.7 Å². The fraction of sp³-hybridized carbons (Fsp3) is 1.00. The van der Waals surface area contributed by atoms with Crippen LogP contribution in [0.4, 0.5) is 0 Å². The SMILES string of the molecule is CC(C)N1CCOC(CNN2C(C)CCCC2C)C1. The van der Waals surface area contributed by atoms with Crippen molar-refractivity contribution in [3.63, 3.8) is 0 Å². The Balaban J connectivity index is 1.77. The van der Waals surface area contributed by atoms with Crippen molar-refractivity contribution in [3.05, 3.63) is 0 Å². The lowest BCUT2D eigenvalue weighted by molar-refractivity contribution is -0.0546. The van der Waals surface area contributed by atoms with E-state index in [1.165, 1.54) is 19.3 Å². The Kier molecular flexibility index (Phi) is 5.63. The fourth-order valence-corrected chi connectivity index (χ4v) is 3.27. The molecule has 1 N–H and O–H groups in total. The quantitative estimate of drug-likeness (QED) is 0.843. The number of rotatable bonds is 4. The summed E-state index contributed by atoms with van der Waals surface area (Å²) in [6.45, 7) is 13.1. The summed E-state index contributed by atoms with van der Waals surface area (Å²) in [5.41, 5.74) is 3.63. The van der Waals surface area contributed by atoms with Gasteiger partial charge in [0.15, 0.2) is 0 Å². The van der Waals surface area contributed by atoms with Crippen LogP contribution in [-0.4, -0.2) is 60.4 Å². The van der Waals surface area contributed by atoms with Gasteiger partial charge in [-0.3, -0.25) is 10.3 Å². The second-order valence-electron chi connectivity index (χ2n) is 6.48. The molecule has 2 fully saturated rings. The van der Waals surface area contributed by atoms with Crippen molar-refractivity contribution in [3.8, 4) is 0 Å². The number of piperidine rings is 1. The molecule has 0 aromatic carbocycles. The van der Waals surface area contributed by atoms with E-state index in [0.717, 1.165) is 26.2 Å². The van der Waals surface area contributed by atoms with Crippen LogP contribution < -0.4 is 5.43 Å². The van der Waals surface area contributed by atoms with Gasteiger partial charge in [-0.1, -0.05) is 6.42 Å². The summed E-state index contributed by atoms with van der Waals surface area (Å²) in [6, 6.07) is 1.92. The highest BCUT2D eigenvalue weighted by Crippen LogP contribution is 2.20. The van der Waals surface area contributed by atoms with E-state index in [1.54, 1.807) is 0 Å². The molecule has 3 unspecified atom stereocenters. The largest absolute Gasteiger partial charge is 0.374 e. The Morgan fingerprint density at radius 2 is 1.89 bits per heavy atom. The summed E-state index contributed by atoms with van der Waals surface area (Å²) in [5, 5.41) is 2.45. The molecule has 0 aliphatic carbocycles. The molecular formula is C15H31N3O. The third-order valence-corrected chi connectivity index (χ3v) is 4.60. The highest BCUT2D eigenvalue weighted by molar-refractivity contribution is 4.79. The smallest absolute Gasteiger partial charge is 0.0840 e. The van der Waals surface area contributed by atoms with E-state index in [9.17, 15) is 0 Å². The fourth-order valence-electron chi connectivity index (χ4n) is 3.27. The van der Waals surface area contributed by atoms with Gasteiger partial charge in [0.25, 0.3) is 0 Å². The van der Waals surface area contributed by atoms with Gasteiger partial charge >= 0.3 is 0 Å². The van der Waals surface area contributed by atoms with Crippen LogP contribution in [0, 0.1) is 0 Å². The van der Waals surface area contributed by atoms with Gasteiger partial charge in [-0.2, -0.15) is 0 Å². The molecule has 0 aromatic rings. The number of nitrogens with one attached hydrogen (secondary N) is 1. The maximum absolute atomic E-state index is 5.89. The zero-order valence-electron chi connectivity index (χ0n) is 13.1. The van der Waals surface area contributed by atoms with E-state index in [2.05, 4.69) is 43.0 Å². The first-order valence-corrected chi connectivity index (χ1v) is 7.95. The van der Waals surface area contributed by atoms with Gasteiger partial charge in [-0.25, -0.2) is 5.01 Å². The number of morpholine rings is 1. The molecule has 0 spiro atoms. The van der Waals surface area contributed by atoms with E-state index < -0.39 is 0 Å². The summed E-state index contributed by atoms with van der Waals surface area (Å²) in [6.07, 6.45) is 4.31. The molecule has 4 heteroatoms. The van der Waals surface area contributed by atoms with Gasteiger partial charge in [0.2, 0.25) is 0 Å². The molecular weight excluding hydrogens is 238 g/mol. The van der Waals surface area contributed by atoms with Crippen molar-refractivity contribution in [2.45, 2.75) is 71.2 Å². The summed E-state index contributed by atoms with van der Waals surface area (Å²) in [5.74, 6) is 0. The summed E-state index contributed by atoms with van der Waals surface area (Å²) >= 11 is 0. The van der Waals surface area contributed by atoms with Crippen molar-refractivity contribution in [2.24, 2.45) is 0 Å². The predicted octanol–water partition coefficient (Wildman–Crippen LogP) is 1.86. The second kappa shape index (κ2) is 7.02. The number of hydrogen-bond donors (Lipinski definition) is 1. The Hall–Kier alpha value is -0.160. The van der Waals surface area contributed by atoms with Crippen LogP contribution in [0.1, 0.15) is 47.0 Å². The van der Waals surface area contributed by atoms with Crippen molar-refractivity contribution in [1.82, 2.24) is 15.3 Å². The lowest BCUT2D eigenvalue weighted by Crippen LogP contribution is -2.56.